The van der Waals surface area contributed by atoms with Crippen molar-refractivity contribution in [3.8, 4) is 0 Å². The van der Waals surface area contributed by atoms with Gasteiger partial charge in [0, 0.05) is 11.1 Å². The third kappa shape index (κ3) is 2.12. The summed E-state index contributed by atoms with van der Waals surface area (Å²) in [5.41, 5.74) is -0.682. The van der Waals surface area contributed by atoms with Crippen LogP contribution in [0, 0.1) is 21.7 Å². The van der Waals surface area contributed by atoms with E-state index in [2.05, 4.69) is 62.3 Å². The van der Waals surface area contributed by atoms with E-state index in [4.69, 9.17) is 14.5 Å². The van der Waals surface area contributed by atoms with Crippen molar-refractivity contribution in [2.45, 2.75) is 67.9 Å². The van der Waals surface area contributed by atoms with E-state index in [1.165, 1.54) is 14.2 Å². The van der Waals surface area contributed by atoms with Gasteiger partial charge >= 0.3 is 11.9 Å². The van der Waals surface area contributed by atoms with E-state index in [0.29, 0.717) is 5.57 Å². The zero-order valence-electron chi connectivity index (χ0n) is 18.1. The molecular formula is C21H33NO4. The van der Waals surface area contributed by atoms with Gasteiger partial charge in [0.25, 0.3) is 0 Å². The summed E-state index contributed by atoms with van der Waals surface area (Å²) in [7, 11) is 2.68. The minimum absolute atomic E-state index is 0.247. The van der Waals surface area contributed by atoms with Crippen molar-refractivity contribution in [1.82, 2.24) is 0 Å². The Bertz CT molecular complexity index is 725. The van der Waals surface area contributed by atoms with E-state index in [0.717, 1.165) is 11.3 Å². The van der Waals surface area contributed by atoms with Crippen LogP contribution >= 0.6 is 0 Å². The van der Waals surface area contributed by atoms with E-state index in [1.807, 2.05) is 0 Å². The molecule has 0 aromatic rings. The van der Waals surface area contributed by atoms with Crippen LogP contribution in [0.25, 0.3) is 0 Å². The smallest absolute Gasteiger partial charge is 0.340 e. The number of hydrogen-bond acceptors (Lipinski definition) is 5. The molecule has 0 amide bonds. The predicted molar refractivity (Wildman–Crippen MR) is 102 cm³/mol. The second-order valence-corrected chi connectivity index (χ2v) is 10.4. The normalized spacial score (nSPS) is 28.5. The summed E-state index contributed by atoms with van der Waals surface area (Å²) >= 11 is 0. The lowest BCUT2D eigenvalue weighted by Gasteiger charge is -2.72. The number of nitrogens with zero attached hydrogens (tertiary/aromatic N) is 1. The van der Waals surface area contributed by atoms with Crippen LogP contribution in [0.4, 0.5) is 0 Å². The Morgan fingerprint density at radius 2 is 1.35 bits per heavy atom. The van der Waals surface area contributed by atoms with Gasteiger partial charge < -0.3 is 9.47 Å². The molecule has 5 nitrogen and oxygen atoms in total. The van der Waals surface area contributed by atoms with Gasteiger partial charge in [-0.2, -0.15) is 0 Å². The number of fused-ring (bicyclic) bond motifs is 1. The lowest BCUT2D eigenvalue weighted by Crippen LogP contribution is -2.81. The van der Waals surface area contributed by atoms with Crippen LogP contribution in [-0.4, -0.2) is 37.4 Å². The monoisotopic (exact) mass is 363 g/mol. The van der Waals surface area contributed by atoms with Gasteiger partial charge in [0.05, 0.1) is 25.2 Å². The van der Waals surface area contributed by atoms with Gasteiger partial charge in [0.2, 0.25) is 5.54 Å². The number of esters is 2. The van der Waals surface area contributed by atoms with Gasteiger partial charge in [-0.1, -0.05) is 62.3 Å². The zero-order chi connectivity index (χ0) is 20.5. The van der Waals surface area contributed by atoms with Gasteiger partial charge in [-0.15, -0.1) is 0 Å². The standard InChI is InChI=1S/C21H33NO4/c1-17(2,3)13-12(14(23)25-10)21(16(24)26-11)20(13,19(7,8)9)15(22-21)18(4,5)6/h1-11H3/t20-,21+/m1/s1. The highest BCUT2D eigenvalue weighted by Crippen LogP contribution is 2.76. The number of carbonyl (C=O) groups excluding carboxylic acids is 2. The first kappa shape index (κ1) is 20.7. The molecule has 2 rings (SSSR count). The van der Waals surface area contributed by atoms with Crippen LogP contribution < -0.4 is 0 Å². The number of methoxy groups -OCH3 is 2. The predicted octanol–water partition coefficient (Wildman–Crippen LogP) is 3.96. The molecule has 1 aliphatic heterocycles. The van der Waals surface area contributed by atoms with Crippen molar-refractivity contribution < 1.29 is 19.1 Å². The molecule has 0 radical (unpaired) electrons. The molecule has 1 heterocycles. The van der Waals surface area contributed by atoms with Crippen molar-refractivity contribution >= 4 is 17.7 Å². The summed E-state index contributed by atoms with van der Waals surface area (Å²) in [6, 6.07) is 0. The van der Waals surface area contributed by atoms with Crippen LogP contribution in [0.5, 0.6) is 0 Å². The van der Waals surface area contributed by atoms with Crippen molar-refractivity contribution in [3.63, 3.8) is 0 Å². The number of ether oxygens (including phenoxy) is 2. The third-order valence-electron chi connectivity index (χ3n) is 5.62. The quantitative estimate of drug-likeness (QED) is 0.697. The average molecular weight is 363 g/mol. The lowest BCUT2D eigenvalue weighted by atomic mass is 9.32. The Morgan fingerprint density at radius 3 is 1.65 bits per heavy atom. The number of aliphatic imine (C=N–C) groups is 1. The van der Waals surface area contributed by atoms with Gasteiger partial charge in [0.15, 0.2) is 0 Å². The van der Waals surface area contributed by atoms with Gasteiger partial charge in [-0.3, -0.25) is 4.99 Å². The first-order valence-corrected chi connectivity index (χ1v) is 9.08. The Morgan fingerprint density at radius 1 is 0.846 bits per heavy atom. The van der Waals surface area contributed by atoms with Crippen molar-refractivity contribution in [3.05, 3.63) is 11.1 Å². The van der Waals surface area contributed by atoms with E-state index in [1.54, 1.807) is 0 Å². The molecule has 0 N–H and O–H groups in total. The highest BCUT2D eigenvalue weighted by atomic mass is 16.5. The molecule has 0 saturated heterocycles. The van der Waals surface area contributed by atoms with Crippen LogP contribution in [0.3, 0.4) is 0 Å². The summed E-state index contributed by atoms with van der Waals surface area (Å²) in [6.07, 6.45) is 0. The number of dihydropyridines is 1. The van der Waals surface area contributed by atoms with Crippen LogP contribution in [0.2, 0.25) is 0 Å². The maximum atomic E-state index is 13.0. The molecule has 0 saturated carbocycles. The molecule has 0 aromatic carbocycles. The summed E-state index contributed by atoms with van der Waals surface area (Å²) in [5.74, 6) is -0.995. The topological polar surface area (TPSA) is 65.0 Å². The van der Waals surface area contributed by atoms with Crippen molar-refractivity contribution in [1.29, 1.82) is 0 Å². The second kappa shape index (κ2) is 5.43. The van der Waals surface area contributed by atoms with Crippen molar-refractivity contribution in [2.24, 2.45) is 26.7 Å². The minimum Gasteiger partial charge on any atom is -0.467 e. The molecule has 0 aromatic heterocycles. The summed E-state index contributed by atoms with van der Waals surface area (Å²) in [4.78, 5) is 30.6. The van der Waals surface area contributed by atoms with Gasteiger partial charge in [0.1, 0.15) is 0 Å². The van der Waals surface area contributed by atoms with Crippen LogP contribution in [-0.2, 0) is 19.1 Å². The van der Waals surface area contributed by atoms with E-state index < -0.39 is 22.9 Å². The summed E-state index contributed by atoms with van der Waals surface area (Å²) < 4.78 is 10.2. The van der Waals surface area contributed by atoms with E-state index in [-0.39, 0.29) is 16.2 Å². The minimum atomic E-state index is -1.32. The average Bonchev–Trinajstić information content (AvgIpc) is 2.43. The van der Waals surface area contributed by atoms with Crippen LogP contribution in [0.1, 0.15) is 62.3 Å². The molecule has 0 spiro atoms. The van der Waals surface area contributed by atoms with E-state index >= 15 is 0 Å². The largest absolute Gasteiger partial charge is 0.467 e. The van der Waals surface area contributed by atoms with E-state index in [9.17, 15) is 9.59 Å². The third-order valence-corrected chi connectivity index (χ3v) is 5.62. The Hall–Kier alpha value is -1.65. The fourth-order valence-corrected chi connectivity index (χ4v) is 5.04. The fourth-order valence-electron chi connectivity index (χ4n) is 5.04. The number of carbonyl (C=O) groups is 2. The molecule has 1 aliphatic carbocycles. The Kier molecular flexibility index (Phi) is 4.31. The highest BCUT2D eigenvalue weighted by Gasteiger charge is 2.84. The van der Waals surface area contributed by atoms with Crippen molar-refractivity contribution in [2.75, 3.05) is 14.2 Å². The number of rotatable bonds is 2. The number of hydrogen-bond donors (Lipinski definition) is 0. The molecule has 0 fully saturated rings. The summed E-state index contributed by atoms with van der Waals surface area (Å²) in [5, 5.41) is 0. The first-order chi connectivity index (χ1) is 11.5. The second-order valence-electron chi connectivity index (χ2n) is 10.4. The van der Waals surface area contributed by atoms with Gasteiger partial charge in [-0.05, 0) is 16.4 Å². The Balaban J connectivity index is 3.01. The lowest BCUT2D eigenvalue weighted by molar-refractivity contribution is -0.161. The molecule has 0 bridgehead atoms. The molecule has 5 heteroatoms. The SMILES string of the molecule is COC(=O)C1=C(C(C)(C)C)[C@]2(C(C)(C)C)C(C(C)(C)C)=N[C@]12C(=O)OC. The summed E-state index contributed by atoms with van der Waals surface area (Å²) in [6.45, 7) is 18.8. The highest BCUT2D eigenvalue weighted by molar-refractivity contribution is 6.22. The molecule has 26 heavy (non-hydrogen) atoms. The maximum Gasteiger partial charge on any atom is 0.340 e. The molecular weight excluding hydrogens is 330 g/mol. The zero-order valence-corrected chi connectivity index (χ0v) is 18.1. The molecule has 2 atom stereocenters. The molecule has 2 aliphatic rings. The van der Waals surface area contributed by atoms with Crippen LogP contribution in [0.15, 0.2) is 16.1 Å². The molecule has 146 valence electrons. The first-order valence-electron chi connectivity index (χ1n) is 9.08. The fraction of sp³-hybridized carbons (Fsp3) is 0.762. The van der Waals surface area contributed by atoms with Gasteiger partial charge in [-0.25, -0.2) is 9.59 Å². The Labute approximate surface area is 157 Å². The molecule has 0 unspecified atom stereocenters. The maximum absolute atomic E-state index is 13.0.